The Labute approximate surface area is 156 Å². The van der Waals surface area contributed by atoms with Gasteiger partial charge in [-0.25, -0.2) is 4.57 Å². The van der Waals surface area contributed by atoms with Gasteiger partial charge in [0, 0.05) is 6.42 Å². The Bertz CT molecular complexity index is 552. The number of unbranched alkanes of at least 4 members (excludes halogenated alkanes) is 5. The predicted molar refractivity (Wildman–Crippen MR) is 100 cm³/mol. The highest BCUT2D eigenvalue weighted by Gasteiger charge is 2.48. The Kier molecular flexibility index (Phi) is 9.09. The maximum atomic E-state index is 11.6. The second kappa shape index (κ2) is 11.1. The molecule has 0 saturated carbocycles. The first-order chi connectivity index (χ1) is 12.6. The topological polar surface area (TPSA) is 74.2 Å². The number of phosphoric acid groups is 1. The Hall–Kier alpha value is -0.910. The lowest BCUT2D eigenvalue weighted by atomic mass is 10.1. The number of ether oxygens (including phenoxy) is 2. The number of para-hydroxylation sites is 1. The monoisotopic (exact) mass is 386 g/mol. The summed E-state index contributed by atoms with van der Waals surface area (Å²) >= 11 is 0. The second-order valence-corrected chi connectivity index (χ2v) is 8.00. The van der Waals surface area contributed by atoms with Crippen molar-refractivity contribution in [1.29, 1.82) is 0 Å². The summed E-state index contributed by atoms with van der Waals surface area (Å²) in [4.78, 5) is 9.53. The van der Waals surface area contributed by atoms with Crippen LogP contribution in [0.3, 0.4) is 0 Å². The zero-order valence-electron chi connectivity index (χ0n) is 15.6. The van der Waals surface area contributed by atoms with Crippen LogP contribution >= 0.6 is 7.82 Å². The van der Waals surface area contributed by atoms with Crippen molar-refractivity contribution in [2.24, 2.45) is 0 Å². The van der Waals surface area contributed by atoms with Crippen LogP contribution < -0.4 is 4.74 Å². The third kappa shape index (κ3) is 7.77. The fraction of sp³-hybridized carbons (Fsp3) is 0.684. The second-order valence-electron chi connectivity index (χ2n) is 6.63. The van der Waals surface area contributed by atoms with E-state index in [1.54, 1.807) is 0 Å². The van der Waals surface area contributed by atoms with Crippen LogP contribution in [-0.2, 0) is 18.3 Å². The lowest BCUT2D eigenvalue weighted by Gasteiger charge is -2.26. The molecule has 1 aliphatic rings. The number of hydrogen-bond acceptors (Lipinski definition) is 5. The number of rotatable bonds is 13. The minimum Gasteiger partial charge on any atom is -0.494 e. The third-order valence-corrected chi connectivity index (χ3v) is 5.33. The molecule has 0 aromatic heterocycles. The van der Waals surface area contributed by atoms with E-state index in [-0.39, 0.29) is 6.61 Å². The van der Waals surface area contributed by atoms with Gasteiger partial charge in [-0.05, 0) is 37.8 Å². The van der Waals surface area contributed by atoms with Gasteiger partial charge in [-0.1, -0.05) is 44.4 Å². The van der Waals surface area contributed by atoms with Crippen molar-refractivity contribution in [2.45, 2.75) is 64.1 Å². The summed E-state index contributed by atoms with van der Waals surface area (Å²) in [5.41, 5.74) is 0. The summed E-state index contributed by atoms with van der Waals surface area (Å²) in [6, 6.07) is 9.74. The molecule has 2 unspecified atom stereocenters. The van der Waals surface area contributed by atoms with Gasteiger partial charge in [0.05, 0.1) is 13.2 Å². The molecule has 7 heteroatoms. The first-order valence-electron chi connectivity index (χ1n) is 9.55. The number of benzene rings is 1. The summed E-state index contributed by atoms with van der Waals surface area (Å²) in [6.07, 6.45) is 7.51. The molecule has 1 aliphatic heterocycles. The van der Waals surface area contributed by atoms with Gasteiger partial charge in [-0.15, -0.1) is 0 Å². The van der Waals surface area contributed by atoms with E-state index in [1.807, 2.05) is 30.3 Å². The lowest BCUT2D eigenvalue weighted by Crippen LogP contribution is -2.35. The molecule has 6 nitrogen and oxygen atoms in total. The van der Waals surface area contributed by atoms with Crippen molar-refractivity contribution >= 4 is 7.82 Å². The summed E-state index contributed by atoms with van der Waals surface area (Å²) in [5.74, 6) is -0.191. The molecular weight excluding hydrogens is 355 g/mol. The van der Waals surface area contributed by atoms with Gasteiger partial charge < -0.3 is 14.4 Å². The van der Waals surface area contributed by atoms with E-state index in [1.165, 1.54) is 0 Å². The zero-order chi connectivity index (χ0) is 18.7. The minimum absolute atomic E-state index is 0.0179. The molecular formula is C19H31O6P. The molecule has 26 heavy (non-hydrogen) atoms. The van der Waals surface area contributed by atoms with Crippen molar-refractivity contribution in [3.05, 3.63) is 30.3 Å². The van der Waals surface area contributed by atoms with Crippen molar-refractivity contribution in [2.75, 3.05) is 19.8 Å². The molecule has 0 radical (unpaired) electrons. The average molecular weight is 386 g/mol. The van der Waals surface area contributed by atoms with Crippen molar-refractivity contribution < 1.29 is 28.0 Å². The van der Waals surface area contributed by atoms with Gasteiger partial charge in [0.2, 0.25) is 5.79 Å². The van der Waals surface area contributed by atoms with E-state index in [9.17, 15) is 9.46 Å². The first-order valence-corrected chi connectivity index (χ1v) is 11.0. The molecule has 1 aromatic rings. The summed E-state index contributed by atoms with van der Waals surface area (Å²) in [6.45, 7) is 3.30. The highest BCUT2D eigenvalue weighted by Crippen LogP contribution is 2.55. The molecule has 1 fully saturated rings. The molecule has 1 N–H and O–H groups in total. The Morgan fingerprint density at radius 3 is 2.50 bits per heavy atom. The molecule has 2 atom stereocenters. The zero-order valence-corrected chi connectivity index (χ0v) is 16.5. The quantitative estimate of drug-likeness (QED) is 0.377. The Balaban J connectivity index is 1.63. The van der Waals surface area contributed by atoms with E-state index in [0.717, 1.165) is 50.7 Å². The predicted octanol–water partition coefficient (Wildman–Crippen LogP) is 5.07. The van der Waals surface area contributed by atoms with Gasteiger partial charge >= 0.3 is 7.82 Å². The van der Waals surface area contributed by atoms with E-state index in [2.05, 4.69) is 6.92 Å². The maximum absolute atomic E-state index is 11.6. The number of hydrogen-bond donors (Lipinski definition) is 1. The van der Waals surface area contributed by atoms with E-state index >= 15 is 0 Å². The van der Waals surface area contributed by atoms with E-state index in [4.69, 9.17) is 18.5 Å². The Morgan fingerprint density at radius 1 is 1.08 bits per heavy atom. The van der Waals surface area contributed by atoms with E-state index in [0.29, 0.717) is 19.6 Å². The molecule has 0 amide bonds. The van der Waals surface area contributed by atoms with Crippen LogP contribution in [-0.4, -0.2) is 30.5 Å². The molecule has 2 rings (SSSR count). The van der Waals surface area contributed by atoms with Gasteiger partial charge in [0.15, 0.2) is 0 Å². The minimum atomic E-state index is -3.97. The molecule has 1 saturated heterocycles. The molecule has 148 valence electrons. The SMILES string of the molecule is CCCCCCC1(OCCCCCOc2ccccc2)COP(=O)(O)O1. The summed E-state index contributed by atoms with van der Waals surface area (Å²) < 4.78 is 33.3. The van der Waals surface area contributed by atoms with Crippen LogP contribution in [0.4, 0.5) is 0 Å². The fourth-order valence-corrected chi connectivity index (χ4v) is 3.90. The largest absolute Gasteiger partial charge is 0.494 e. The summed E-state index contributed by atoms with van der Waals surface area (Å²) in [7, 11) is -3.97. The van der Waals surface area contributed by atoms with Crippen LogP contribution in [0.15, 0.2) is 30.3 Å². The van der Waals surface area contributed by atoms with Crippen molar-refractivity contribution in [3.63, 3.8) is 0 Å². The van der Waals surface area contributed by atoms with Crippen molar-refractivity contribution in [1.82, 2.24) is 0 Å². The normalized spacial score (nSPS) is 25.5. The number of phosphoric ester groups is 1. The average Bonchev–Trinajstić information content (AvgIpc) is 2.94. The molecule has 1 heterocycles. The Morgan fingerprint density at radius 2 is 1.81 bits per heavy atom. The molecule has 0 aliphatic carbocycles. The van der Waals surface area contributed by atoms with Gasteiger partial charge in [-0.2, -0.15) is 0 Å². The van der Waals surface area contributed by atoms with Crippen LogP contribution in [0, 0.1) is 0 Å². The lowest BCUT2D eigenvalue weighted by molar-refractivity contribution is -0.179. The smallest absolute Gasteiger partial charge is 0.475 e. The molecule has 0 bridgehead atoms. The highest BCUT2D eigenvalue weighted by molar-refractivity contribution is 7.47. The molecule has 0 spiro atoms. The highest BCUT2D eigenvalue weighted by atomic mass is 31.2. The first kappa shape index (κ1) is 21.4. The van der Waals surface area contributed by atoms with Gasteiger partial charge in [-0.3, -0.25) is 9.05 Å². The molecule has 1 aromatic carbocycles. The van der Waals surface area contributed by atoms with Crippen LogP contribution in [0.2, 0.25) is 0 Å². The van der Waals surface area contributed by atoms with Crippen LogP contribution in [0.1, 0.15) is 58.3 Å². The van der Waals surface area contributed by atoms with Crippen LogP contribution in [0.5, 0.6) is 5.75 Å². The van der Waals surface area contributed by atoms with E-state index < -0.39 is 13.6 Å². The van der Waals surface area contributed by atoms with Gasteiger partial charge in [0.25, 0.3) is 0 Å². The summed E-state index contributed by atoms with van der Waals surface area (Å²) in [5, 5.41) is 0. The van der Waals surface area contributed by atoms with Crippen molar-refractivity contribution in [3.8, 4) is 5.75 Å². The third-order valence-electron chi connectivity index (χ3n) is 4.31. The van der Waals surface area contributed by atoms with Gasteiger partial charge in [0.1, 0.15) is 12.4 Å². The standard InChI is InChI=1S/C19H31O6P/c1-2-3-4-9-14-19(17-24-26(20,21)25-19)23-16-11-6-10-15-22-18-12-7-5-8-13-18/h5,7-8,12-13H,2-4,6,9-11,14-17H2,1H3,(H,20,21). The van der Waals surface area contributed by atoms with Crippen LogP contribution in [0.25, 0.3) is 0 Å². The maximum Gasteiger partial charge on any atom is 0.475 e. The fourth-order valence-electron chi connectivity index (χ4n) is 2.87.